The molecule has 0 saturated carbocycles. The lowest BCUT2D eigenvalue weighted by atomic mass is 9.95. The maximum atomic E-state index is 14.6. The number of carbonyl (C=O) groups excluding carboxylic acids is 1. The highest BCUT2D eigenvalue weighted by Crippen LogP contribution is 2.37. The van der Waals surface area contributed by atoms with Crippen molar-refractivity contribution in [3.8, 4) is 17.2 Å². The van der Waals surface area contributed by atoms with Gasteiger partial charge < -0.3 is 18.8 Å². The molecule has 2 aliphatic heterocycles. The number of hydrogen-bond donors (Lipinski definition) is 0. The van der Waals surface area contributed by atoms with Gasteiger partial charge in [-0.25, -0.2) is 9.37 Å². The van der Waals surface area contributed by atoms with Crippen LogP contribution in [0.15, 0.2) is 64.4 Å². The standard InChI is InChI=1S/C27H26F4N4O3/c1-17-23(10-14-36)35(33-25(17)27(29,30)31)19-3-5-20(6-4-19)38-21-8-12-34(13-9-21)24-16-18(2-7-22(24)28)26-32-11-15-37-26/h2-7,11,14-17,21,23H,8-10,12-13H2,1H3/t17?,23-/m0/s1. The molecule has 38 heavy (non-hydrogen) atoms. The molecule has 200 valence electrons. The molecule has 3 heterocycles. The second-order valence-corrected chi connectivity index (χ2v) is 9.39. The number of carbonyl (C=O) groups is 1. The SMILES string of the molecule is CC1C(C(F)(F)F)=NN(c2ccc(OC3CCN(c4cc(-c5ncco5)ccc4F)CC3)cc2)[C@H]1CC=O. The van der Waals surface area contributed by atoms with E-state index in [1.54, 1.807) is 36.4 Å². The largest absolute Gasteiger partial charge is 0.490 e. The number of halogens is 4. The summed E-state index contributed by atoms with van der Waals surface area (Å²) < 4.78 is 66.2. The third kappa shape index (κ3) is 5.23. The minimum atomic E-state index is -4.56. The van der Waals surface area contributed by atoms with Crippen LogP contribution in [0.4, 0.5) is 28.9 Å². The zero-order valence-corrected chi connectivity index (χ0v) is 20.6. The van der Waals surface area contributed by atoms with Gasteiger partial charge in [0.25, 0.3) is 0 Å². The highest BCUT2D eigenvalue weighted by atomic mass is 19.4. The van der Waals surface area contributed by atoms with Crippen molar-refractivity contribution >= 4 is 23.4 Å². The van der Waals surface area contributed by atoms with E-state index in [2.05, 4.69) is 10.1 Å². The fourth-order valence-electron chi connectivity index (χ4n) is 4.98. The normalized spacial score (nSPS) is 20.5. The number of ether oxygens (including phenoxy) is 1. The van der Waals surface area contributed by atoms with Crippen LogP contribution < -0.4 is 14.6 Å². The summed E-state index contributed by atoms with van der Waals surface area (Å²) in [4.78, 5) is 17.2. The molecule has 2 aromatic carbocycles. The molecule has 3 aromatic rings. The van der Waals surface area contributed by atoms with Gasteiger partial charge in [0.2, 0.25) is 5.89 Å². The van der Waals surface area contributed by atoms with Crippen molar-refractivity contribution in [2.24, 2.45) is 11.0 Å². The Bertz CT molecular complexity index is 1290. The van der Waals surface area contributed by atoms with E-state index in [4.69, 9.17) is 9.15 Å². The monoisotopic (exact) mass is 530 g/mol. The maximum Gasteiger partial charge on any atom is 0.431 e. The Morgan fingerprint density at radius 1 is 1.13 bits per heavy atom. The van der Waals surface area contributed by atoms with Gasteiger partial charge in [0.1, 0.15) is 35.9 Å². The van der Waals surface area contributed by atoms with E-state index in [1.165, 1.54) is 30.5 Å². The highest BCUT2D eigenvalue weighted by Gasteiger charge is 2.48. The Morgan fingerprint density at radius 2 is 1.87 bits per heavy atom. The molecule has 0 amide bonds. The van der Waals surface area contributed by atoms with Crippen molar-refractivity contribution in [1.82, 2.24) is 4.98 Å². The summed E-state index contributed by atoms with van der Waals surface area (Å²) in [5, 5.41) is 5.07. The number of aldehydes is 1. The number of alkyl halides is 3. The van der Waals surface area contributed by atoms with E-state index < -0.39 is 23.8 Å². The summed E-state index contributed by atoms with van der Waals surface area (Å²) in [7, 11) is 0. The first-order valence-corrected chi connectivity index (χ1v) is 12.3. The first-order chi connectivity index (χ1) is 18.2. The van der Waals surface area contributed by atoms with Crippen LogP contribution in [0.1, 0.15) is 26.2 Å². The van der Waals surface area contributed by atoms with Crippen LogP contribution in [-0.4, -0.2) is 48.4 Å². The van der Waals surface area contributed by atoms with Crippen molar-refractivity contribution in [2.45, 2.75) is 44.5 Å². The lowest BCUT2D eigenvalue weighted by Crippen LogP contribution is -2.38. The Hall–Kier alpha value is -3.89. The van der Waals surface area contributed by atoms with E-state index in [1.807, 2.05) is 4.90 Å². The number of nitrogens with zero attached hydrogens (tertiary/aromatic N) is 4. The number of rotatable bonds is 7. The number of benzene rings is 2. The molecule has 11 heteroatoms. The van der Waals surface area contributed by atoms with Crippen LogP contribution >= 0.6 is 0 Å². The lowest BCUT2D eigenvalue weighted by molar-refractivity contribution is -0.108. The van der Waals surface area contributed by atoms with Gasteiger partial charge in [-0.05, 0) is 42.5 Å². The van der Waals surface area contributed by atoms with E-state index in [0.29, 0.717) is 60.8 Å². The van der Waals surface area contributed by atoms with Crippen molar-refractivity contribution < 1.29 is 31.5 Å². The average Bonchev–Trinajstić information content (AvgIpc) is 3.55. The van der Waals surface area contributed by atoms with Crippen LogP contribution in [0.3, 0.4) is 0 Å². The molecular formula is C27H26F4N4O3. The van der Waals surface area contributed by atoms with Crippen LogP contribution in [0.25, 0.3) is 11.5 Å². The summed E-state index contributed by atoms with van der Waals surface area (Å²) in [6.07, 6.45) is 0.216. The number of hydrazone groups is 1. The minimum Gasteiger partial charge on any atom is -0.490 e. The molecule has 0 radical (unpaired) electrons. The summed E-state index contributed by atoms with van der Waals surface area (Å²) >= 11 is 0. The Morgan fingerprint density at radius 3 is 2.50 bits per heavy atom. The van der Waals surface area contributed by atoms with Crippen molar-refractivity contribution in [2.75, 3.05) is 23.0 Å². The second kappa shape index (κ2) is 10.5. The quantitative estimate of drug-likeness (QED) is 0.282. The molecule has 0 spiro atoms. The minimum absolute atomic E-state index is 0.0669. The zero-order chi connectivity index (χ0) is 26.9. The zero-order valence-electron chi connectivity index (χ0n) is 20.6. The third-order valence-electron chi connectivity index (χ3n) is 6.98. The van der Waals surface area contributed by atoms with Gasteiger partial charge in [-0.2, -0.15) is 18.3 Å². The van der Waals surface area contributed by atoms with Crippen LogP contribution in [-0.2, 0) is 4.79 Å². The van der Waals surface area contributed by atoms with E-state index in [9.17, 15) is 22.4 Å². The van der Waals surface area contributed by atoms with Gasteiger partial charge in [-0.15, -0.1) is 0 Å². The fraction of sp³-hybridized carbons (Fsp3) is 0.370. The molecular weight excluding hydrogens is 504 g/mol. The molecule has 1 saturated heterocycles. The first-order valence-electron chi connectivity index (χ1n) is 12.3. The molecule has 7 nitrogen and oxygen atoms in total. The summed E-state index contributed by atoms with van der Waals surface area (Å²) in [6.45, 7) is 2.60. The molecule has 0 aliphatic carbocycles. The Labute approximate surface area is 216 Å². The average molecular weight is 531 g/mol. The molecule has 5 rings (SSSR count). The predicted molar refractivity (Wildman–Crippen MR) is 134 cm³/mol. The van der Waals surface area contributed by atoms with Gasteiger partial charge in [0.15, 0.2) is 0 Å². The summed E-state index contributed by atoms with van der Waals surface area (Å²) in [5.74, 6) is -0.254. The molecule has 0 N–H and O–H groups in total. The van der Waals surface area contributed by atoms with E-state index in [0.717, 1.165) is 0 Å². The maximum absolute atomic E-state index is 14.6. The topological polar surface area (TPSA) is 71.2 Å². The molecule has 1 fully saturated rings. The van der Waals surface area contributed by atoms with Crippen molar-refractivity contribution in [3.05, 3.63) is 60.7 Å². The summed E-state index contributed by atoms with van der Waals surface area (Å²) in [6, 6.07) is 10.7. The van der Waals surface area contributed by atoms with E-state index >= 15 is 0 Å². The first kappa shape index (κ1) is 25.7. The molecule has 1 aromatic heterocycles. The third-order valence-corrected chi connectivity index (χ3v) is 6.98. The van der Waals surface area contributed by atoms with Gasteiger partial charge in [0.05, 0.1) is 23.6 Å². The molecule has 1 unspecified atom stereocenters. The highest BCUT2D eigenvalue weighted by molar-refractivity contribution is 5.95. The fourth-order valence-corrected chi connectivity index (χ4v) is 4.98. The van der Waals surface area contributed by atoms with Gasteiger partial charge >= 0.3 is 6.18 Å². The number of oxazole rings is 1. The summed E-state index contributed by atoms with van der Waals surface area (Å²) in [5.41, 5.74) is 0.733. The van der Waals surface area contributed by atoms with Crippen LogP contribution in [0.2, 0.25) is 0 Å². The number of piperidine rings is 1. The predicted octanol–water partition coefficient (Wildman–Crippen LogP) is 5.86. The number of aromatic nitrogens is 1. The molecule has 0 bridgehead atoms. The van der Waals surface area contributed by atoms with Crippen molar-refractivity contribution in [1.29, 1.82) is 0 Å². The van der Waals surface area contributed by atoms with Crippen LogP contribution in [0.5, 0.6) is 5.75 Å². The Balaban J connectivity index is 1.22. The lowest BCUT2D eigenvalue weighted by Gasteiger charge is -2.34. The van der Waals surface area contributed by atoms with Gasteiger partial charge in [-0.1, -0.05) is 6.92 Å². The number of anilines is 2. The van der Waals surface area contributed by atoms with Crippen molar-refractivity contribution in [3.63, 3.8) is 0 Å². The van der Waals surface area contributed by atoms with Gasteiger partial charge in [0, 0.05) is 43.8 Å². The molecule has 2 atom stereocenters. The smallest absolute Gasteiger partial charge is 0.431 e. The van der Waals surface area contributed by atoms with E-state index in [-0.39, 0.29) is 18.3 Å². The number of hydrogen-bond acceptors (Lipinski definition) is 7. The van der Waals surface area contributed by atoms with Gasteiger partial charge in [-0.3, -0.25) is 5.01 Å². The second-order valence-electron chi connectivity index (χ2n) is 9.39. The molecule has 2 aliphatic rings. The Kier molecular flexibility index (Phi) is 7.09. The van der Waals surface area contributed by atoms with Crippen LogP contribution in [0, 0.1) is 11.7 Å².